The Kier molecular flexibility index (Phi) is 3.96. The Balaban J connectivity index is 1.81. The van der Waals surface area contributed by atoms with Crippen LogP contribution < -0.4 is 10.6 Å². The molecule has 106 valence electrons. The van der Waals surface area contributed by atoms with Crippen molar-refractivity contribution in [3.8, 4) is 0 Å². The summed E-state index contributed by atoms with van der Waals surface area (Å²) in [5.74, 6) is 1.73. The molecule has 4 heteroatoms. The Morgan fingerprint density at radius 1 is 1.00 bits per heavy atom. The Morgan fingerprint density at radius 3 is 2.81 bits per heavy atom. The fourth-order valence-electron chi connectivity index (χ4n) is 2.16. The maximum absolute atomic E-state index is 4.55. The number of anilines is 3. The van der Waals surface area contributed by atoms with E-state index in [2.05, 4.69) is 39.7 Å². The van der Waals surface area contributed by atoms with Crippen LogP contribution in [0, 0.1) is 0 Å². The van der Waals surface area contributed by atoms with Gasteiger partial charge in [-0.1, -0.05) is 19.1 Å². The summed E-state index contributed by atoms with van der Waals surface area (Å²) in [5, 5.41) is 7.74. The highest BCUT2D eigenvalue weighted by Crippen LogP contribution is 2.20. The predicted octanol–water partition coefficient (Wildman–Crippen LogP) is 4.20. The maximum Gasteiger partial charge on any atom is 0.132 e. The minimum absolute atomic E-state index is 0.833. The molecule has 0 aliphatic heterocycles. The molecule has 0 unspecified atom stereocenters. The van der Waals surface area contributed by atoms with Crippen molar-refractivity contribution in [2.75, 3.05) is 17.2 Å². The third-order valence-corrected chi connectivity index (χ3v) is 3.18. The third kappa shape index (κ3) is 3.28. The highest BCUT2D eigenvalue weighted by atomic mass is 15.1. The van der Waals surface area contributed by atoms with Gasteiger partial charge in [0.15, 0.2) is 0 Å². The van der Waals surface area contributed by atoms with Crippen LogP contribution in [0.5, 0.6) is 0 Å². The molecule has 3 aromatic rings. The number of nitrogens with zero attached hydrogens (tertiary/aromatic N) is 2. The molecule has 0 amide bonds. The SMILES string of the molecule is CCCNc1cccc(Nc2ccc3ncccc3c2)n1. The molecule has 0 saturated heterocycles. The number of nitrogens with one attached hydrogen (secondary N) is 2. The van der Waals surface area contributed by atoms with Gasteiger partial charge < -0.3 is 10.6 Å². The molecule has 2 N–H and O–H groups in total. The van der Waals surface area contributed by atoms with E-state index < -0.39 is 0 Å². The molecule has 0 atom stereocenters. The lowest BCUT2D eigenvalue weighted by Crippen LogP contribution is -2.03. The number of rotatable bonds is 5. The molecular weight excluding hydrogens is 260 g/mol. The normalized spacial score (nSPS) is 10.5. The minimum Gasteiger partial charge on any atom is -0.370 e. The van der Waals surface area contributed by atoms with Gasteiger partial charge >= 0.3 is 0 Å². The van der Waals surface area contributed by atoms with Crippen LogP contribution in [-0.4, -0.2) is 16.5 Å². The van der Waals surface area contributed by atoms with Crippen molar-refractivity contribution in [1.82, 2.24) is 9.97 Å². The maximum atomic E-state index is 4.55. The van der Waals surface area contributed by atoms with Crippen molar-refractivity contribution in [2.45, 2.75) is 13.3 Å². The summed E-state index contributed by atoms with van der Waals surface area (Å²) < 4.78 is 0. The molecule has 3 rings (SSSR count). The lowest BCUT2D eigenvalue weighted by atomic mass is 10.2. The van der Waals surface area contributed by atoms with Crippen LogP contribution in [0.15, 0.2) is 54.7 Å². The molecule has 1 aromatic carbocycles. The summed E-state index contributed by atoms with van der Waals surface area (Å²) in [6.45, 7) is 3.07. The summed E-state index contributed by atoms with van der Waals surface area (Å²) in [7, 11) is 0. The molecule has 0 aliphatic rings. The first kappa shape index (κ1) is 13.4. The van der Waals surface area contributed by atoms with E-state index in [0.717, 1.165) is 41.2 Å². The van der Waals surface area contributed by atoms with Gasteiger partial charge in [-0.05, 0) is 42.8 Å². The van der Waals surface area contributed by atoms with Gasteiger partial charge in [0.2, 0.25) is 0 Å². The highest BCUT2D eigenvalue weighted by molar-refractivity contribution is 5.83. The number of hydrogen-bond acceptors (Lipinski definition) is 4. The van der Waals surface area contributed by atoms with Crippen LogP contribution in [0.4, 0.5) is 17.3 Å². The second kappa shape index (κ2) is 6.22. The van der Waals surface area contributed by atoms with Crippen molar-refractivity contribution >= 4 is 28.2 Å². The standard InChI is InChI=1S/C17H18N4/c1-2-10-19-16-6-3-7-17(21-16)20-14-8-9-15-13(12-14)5-4-11-18-15/h3-9,11-12H,2,10H2,1H3,(H2,19,20,21). The van der Waals surface area contributed by atoms with Crippen LogP contribution >= 0.6 is 0 Å². The smallest absolute Gasteiger partial charge is 0.132 e. The average molecular weight is 278 g/mol. The lowest BCUT2D eigenvalue weighted by Gasteiger charge is -2.09. The Morgan fingerprint density at radius 2 is 1.90 bits per heavy atom. The average Bonchev–Trinajstić information content (AvgIpc) is 2.53. The summed E-state index contributed by atoms with van der Waals surface area (Å²) >= 11 is 0. The monoisotopic (exact) mass is 278 g/mol. The Bertz CT molecular complexity index is 739. The minimum atomic E-state index is 0.833. The van der Waals surface area contributed by atoms with Crippen molar-refractivity contribution in [1.29, 1.82) is 0 Å². The molecule has 21 heavy (non-hydrogen) atoms. The largest absolute Gasteiger partial charge is 0.370 e. The first-order valence-corrected chi connectivity index (χ1v) is 7.18. The van der Waals surface area contributed by atoms with E-state index >= 15 is 0 Å². The van der Waals surface area contributed by atoms with Crippen LogP contribution in [0.3, 0.4) is 0 Å². The molecule has 0 radical (unpaired) electrons. The van der Waals surface area contributed by atoms with Gasteiger partial charge in [0.25, 0.3) is 0 Å². The van der Waals surface area contributed by atoms with Crippen LogP contribution in [0.1, 0.15) is 13.3 Å². The van der Waals surface area contributed by atoms with Crippen LogP contribution in [0.2, 0.25) is 0 Å². The van der Waals surface area contributed by atoms with E-state index in [0.29, 0.717) is 0 Å². The van der Waals surface area contributed by atoms with Crippen LogP contribution in [0.25, 0.3) is 10.9 Å². The van der Waals surface area contributed by atoms with Gasteiger partial charge in [0.1, 0.15) is 11.6 Å². The van der Waals surface area contributed by atoms with Crippen molar-refractivity contribution in [2.24, 2.45) is 0 Å². The molecule has 4 nitrogen and oxygen atoms in total. The summed E-state index contributed by atoms with van der Waals surface area (Å²) in [4.78, 5) is 8.87. The molecule has 2 aromatic heterocycles. The van der Waals surface area contributed by atoms with E-state index in [1.165, 1.54) is 0 Å². The first-order chi connectivity index (χ1) is 10.3. The topological polar surface area (TPSA) is 49.8 Å². The van der Waals surface area contributed by atoms with E-state index in [9.17, 15) is 0 Å². The van der Waals surface area contributed by atoms with Gasteiger partial charge in [0, 0.05) is 23.8 Å². The number of hydrogen-bond donors (Lipinski definition) is 2. The quantitative estimate of drug-likeness (QED) is 0.734. The van der Waals surface area contributed by atoms with E-state index in [4.69, 9.17) is 0 Å². The zero-order valence-electron chi connectivity index (χ0n) is 12.0. The van der Waals surface area contributed by atoms with Gasteiger partial charge in [0.05, 0.1) is 5.52 Å². The van der Waals surface area contributed by atoms with E-state index in [1.54, 1.807) is 6.20 Å². The predicted molar refractivity (Wildman–Crippen MR) is 88.0 cm³/mol. The molecule has 0 aliphatic carbocycles. The first-order valence-electron chi connectivity index (χ1n) is 7.18. The third-order valence-electron chi connectivity index (χ3n) is 3.18. The number of aromatic nitrogens is 2. The molecule has 0 saturated carbocycles. The Hall–Kier alpha value is -2.62. The van der Waals surface area contributed by atoms with Gasteiger partial charge in [-0.25, -0.2) is 4.98 Å². The summed E-state index contributed by atoms with van der Waals surface area (Å²) in [5.41, 5.74) is 2.00. The number of fused-ring (bicyclic) bond motifs is 1. The number of benzene rings is 1. The molecule has 2 heterocycles. The highest BCUT2D eigenvalue weighted by Gasteiger charge is 2.00. The lowest BCUT2D eigenvalue weighted by molar-refractivity contribution is 0.970. The molecule has 0 bridgehead atoms. The van der Waals surface area contributed by atoms with E-state index in [-0.39, 0.29) is 0 Å². The molecular formula is C17H18N4. The zero-order valence-corrected chi connectivity index (χ0v) is 12.0. The fourth-order valence-corrected chi connectivity index (χ4v) is 2.16. The van der Waals surface area contributed by atoms with Crippen molar-refractivity contribution in [3.05, 3.63) is 54.7 Å². The van der Waals surface area contributed by atoms with Gasteiger partial charge in [-0.3, -0.25) is 4.98 Å². The van der Waals surface area contributed by atoms with E-state index in [1.807, 2.05) is 36.4 Å². The second-order valence-corrected chi connectivity index (χ2v) is 4.87. The van der Waals surface area contributed by atoms with Crippen molar-refractivity contribution in [3.63, 3.8) is 0 Å². The van der Waals surface area contributed by atoms with Crippen LogP contribution in [-0.2, 0) is 0 Å². The number of pyridine rings is 2. The zero-order chi connectivity index (χ0) is 14.5. The fraction of sp³-hybridized carbons (Fsp3) is 0.176. The van der Waals surface area contributed by atoms with Gasteiger partial charge in [-0.15, -0.1) is 0 Å². The molecule has 0 fully saturated rings. The van der Waals surface area contributed by atoms with Crippen molar-refractivity contribution < 1.29 is 0 Å². The molecule has 0 spiro atoms. The Labute approximate surface area is 124 Å². The second-order valence-electron chi connectivity index (χ2n) is 4.87. The summed E-state index contributed by atoms with van der Waals surface area (Å²) in [6.07, 6.45) is 2.89. The summed E-state index contributed by atoms with van der Waals surface area (Å²) in [6, 6.07) is 16.0. The van der Waals surface area contributed by atoms with Gasteiger partial charge in [-0.2, -0.15) is 0 Å².